The van der Waals surface area contributed by atoms with E-state index in [1.807, 2.05) is 24.3 Å². The van der Waals surface area contributed by atoms with E-state index in [1.54, 1.807) is 23.8 Å². The van der Waals surface area contributed by atoms with Crippen molar-refractivity contribution in [2.24, 2.45) is 0 Å². The van der Waals surface area contributed by atoms with E-state index in [2.05, 4.69) is 20.9 Å². The fraction of sp³-hybridized carbons (Fsp3) is 0.0714. The van der Waals surface area contributed by atoms with E-state index in [-0.39, 0.29) is 0 Å². The Labute approximate surface area is 129 Å². The number of ether oxygens (including phenoxy) is 1. The monoisotopic (exact) mass is 351 g/mol. The van der Waals surface area contributed by atoms with Crippen LogP contribution >= 0.6 is 27.5 Å². The molecule has 4 nitrogen and oxygen atoms in total. The molecular formula is C14H11BrClN3O. The van der Waals surface area contributed by atoms with E-state index in [0.29, 0.717) is 16.5 Å². The summed E-state index contributed by atoms with van der Waals surface area (Å²) in [4.78, 5) is 4.55. The summed E-state index contributed by atoms with van der Waals surface area (Å²) < 4.78 is 8.07. The van der Waals surface area contributed by atoms with Crippen molar-refractivity contribution in [3.8, 4) is 17.0 Å². The van der Waals surface area contributed by atoms with Crippen LogP contribution in [-0.2, 0) is 0 Å². The number of pyridine rings is 1. The maximum Gasteiger partial charge on any atom is 0.139 e. The molecule has 0 spiro atoms. The van der Waals surface area contributed by atoms with Gasteiger partial charge in [0.2, 0.25) is 0 Å². The first-order valence-electron chi connectivity index (χ1n) is 5.87. The summed E-state index contributed by atoms with van der Waals surface area (Å²) in [5, 5.41) is 0.606. The maximum absolute atomic E-state index is 6.18. The zero-order valence-corrected chi connectivity index (χ0v) is 12.9. The molecule has 0 aliphatic heterocycles. The number of anilines is 1. The highest BCUT2D eigenvalue weighted by Gasteiger charge is 2.15. The normalized spacial score (nSPS) is 10.9. The molecule has 0 bridgehead atoms. The molecule has 0 aliphatic carbocycles. The highest BCUT2D eigenvalue weighted by atomic mass is 79.9. The van der Waals surface area contributed by atoms with E-state index < -0.39 is 0 Å². The molecule has 20 heavy (non-hydrogen) atoms. The van der Waals surface area contributed by atoms with Gasteiger partial charge in [0.15, 0.2) is 0 Å². The van der Waals surface area contributed by atoms with E-state index in [0.717, 1.165) is 21.4 Å². The molecule has 2 heterocycles. The molecule has 0 radical (unpaired) electrons. The van der Waals surface area contributed by atoms with E-state index in [4.69, 9.17) is 22.1 Å². The van der Waals surface area contributed by atoms with Crippen LogP contribution in [0.1, 0.15) is 0 Å². The van der Waals surface area contributed by atoms with Gasteiger partial charge in [-0.3, -0.25) is 4.40 Å². The third kappa shape index (κ3) is 2.13. The molecule has 0 saturated carbocycles. The van der Waals surface area contributed by atoms with Crippen molar-refractivity contribution < 1.29 is 4.74 Å². The van der Waals surface area contributed by atoms with Gasteiger partial charge in [-0.05, 0) is 30.3 Å². The van der Waals surface area contributed by atoms with Gasteiger partial charge in [0, 0.05) is 16.2 Å². The molecule has 2 aromatic heterocycles. The smallest absolute Gasteiger partial charge is 0.139 e. The van der Waals surface area contributed by atoms with Crippen molar-refractivity contribution in [3.63, 3.8) is 0 Å². The predicted octanol–water partition coefficient (Wildman–Crippen LogP) is 4.01. The first-order valence-corrected chi connectivity index (χ1v) is 7.04. The Morgan fingerprint density at radius 3 is 2.85 bits per heavy atom. The molecule has 0 atom stereocenters. The molecule has 1 aromatic carbocycles. The number of nitrogens with two attached hydrogens (primary N) is 1. The van der Waals surface area contributed by atoms with E-state index in [1.165, 1.54) is 0 Å². The Kier molecular flexibility index (Phi) is 3.31. The summed E-state index contributed by atoms with van der Waals surface area (Å²) >= 11 is 9.44. The number of rotatable bonds is 2. The Balaban J connectivity index is 2.29. The topological polar surface area (TPSA) is 52.5 Å². The molecule has 3 aromatic rings. The average molecular weight is 353 g/mol. The average Bonchev–Trinajstić information content (AvgIpc) is 2.76. The molecule has 0 unspecified atom stereocenters. The van der Waals surface area contributed by atoms with Crippen molar-refractivity contribution in [2.75, 3.05) is 12.8 Å². The second-order valence-corrected chi connectivity index (χ2v) is 5.62. The highest BCUT2D eigenvalue weighted by Crippen LogP contribution is 2.35. The van der Waals surface area contributed by atoms with Crippen LogP contribution in [0.5, 0.6) is 5.75 Å². The summed E-state index contributed by atoms with van der Waals surface area (Å²) in [7, 11) is 1.62. The number of hydrogen-bond donors (Lipinski definition) is 1. The Morgan fingerprint density at radius 2 is 2.10 bits per heavy atom. The largest absolute Gasteiger partial charge is 0.496 e. The standard InChI is InChI=1S/C14H11BrClN3O/c1-20-11-4-2-8(15)6-10(11)13-14(17)19-7-9(16)3-5-12(19)18-13/h2-7H,17H2,1H3. The van der Waals surface area contributed by atoms with Crippen molar-refractivity contribution in [1.29, 1.82) is 0 Å². The number of benzene rings is 1. The molecule has 0 aliphatic rings. The lowest BCUT2D eigenvalue weighted by molar-refractivity contribution is 0.416. The summed E-state index contributed by atoms with van der Waals surface area (Å²) in [5.74, 6) is 1.24. The fourth-order valence-electron chi connectivity index (χ4n) is 2.10. The molecule has 0 amide bonds. The summed E-state index contributed by atoms with van der Waals surface area (Å²) in [6.45, 7) is 0. The second-order valence-electron chi connectivity index (χ2n) is 4.27. The van der Waals surface area contributed by atoms with Crippen molar-refractivity contribution >= 4 is 39.0 Å². The number of nitrogen functional groups attached to an aromatic ring is 1. The number of halogens is 2. The number of methoxy groups -OCH3 is 1. The SMILES string of the molecule is COc1ccc(Br)cc1-c1nc2ccc(Cl)cn2c1N. The lowest BCUT2D eigenvalue weighted by atomic mass is 10.1. The third-order valence-electron chi connectivity index (χ3n) is 3.04. The summed E-state index contributed by atoms with van der Waals surface area (Å²) in [6, 6.07) is 9.32. The first kappa shape index (κ1) is 13.3. The molecule has 2 N–H and O–H groups in total. The zero-order valence-electron chi connectivity index (χ0n) is 10.6. The molecule has 102 valence electrons. The molecule has 6 heteroatoms. The molecule has 3 rings (SSSR count). The van der Waals surface area contributed by atoms with Crippen LogP contribution in [0.3, 0.4) is 0 Å². The number of nitrogens with zero attached hydrogens (tertiary/aromatic N) is 2. The van der Waals surface area contributed by atoms with Gasteiger partial charge in [0.05, 0.1) is 12.1 Å². The van der Waals surface area contributed by atoms with Crippen LogP contribution in [0.15, 0.2) is 41.0 Å². The summed E-state index contributed by atoms with van der Waals surface area (Å²) in [6.07, 6.45) is 1.74. The van der Waals surface area contributed by atoms with E-state index in [9.17, 15) is 0 Å². The van der Waals surface area contributed by atoms with Crippen LogP contribution in [-0.4, -0.2) is 16.5 Å². The Bertz CT molecular complexity index is 800. The second kappa shape index (κ2) is 5.00. The number of aromatic nitrogens is 2. The molecular weight excluding hydrogens is 342 g/mol. The first-order chi connectivity index (χ1) is 9.60. The number of fused-ring (bicyclic) bond motifs is 1. The highest BCUT2D eigenvalue weighted by molar-refractivity contribution is 9.10. The zero-order chi connectivity index (χ0) is 14.3. The van der Waals surface area contributed by atoms with Crippen LogP contribution in [0.25, 0.3) is 16.9 Å². The lowest BCUT2D eigenvalue weighted by Crippen LogP contribution is -1.95. The minimum Gasteiger partial charge on any atom is -0.496 e. The van der Waals surface area contributed by atoms with Gasteiger partial charge in [-0.2, -0.15) is 0 Å². The minimum absolute atomic E-state index is 0.527. The van der Waals surface area contributed by atoms with Crippen molar-refractivity contribution in [3.05, 3.63) is 46.0 Å². The maximum atomic E-state index is 6.18. The van der Waals surface area contributed by atoms with Gasteiger partial charge >= 0.3 is 0 Å². The van der Waals surface area contributed by atoms with Crippen LogP contribution in [0.2, 0.25) is 5.02 Å². The third-order valence-corrected chi connectivity index (χ3v) is 3.75. The number of imidazole rings is 1. The molecule has 0 saturated heterocycles. The van der Waals surface area contributed by atoms with Crippen LogP contribution in [0, 0.1) is 0 Å². The van der Waals surface area contributed by atoms with Gasteiger partial charge in [0.25, 0.3) is 0 Å². The van der Waals surface area contributed by atoms with Crippen molar-refractivity contribution in [1.82, 2.24) is 9.38 Å². The predicted molar refractivity (Wildman–Crippen MR) is 84.3 cm³/mol. The van der Waals surface area contributed by atoms with Gasteiger partial charge in [0.1, 0.15) is 22.9 Å². The van der Waals surface area contributed by atoms with Gasteiger partial charge in [-0.1, -0.05) is 27.5 Å². The number of hydrogen-bond acceptors (Lipinski definition) is 3. The Morgan fingerprint density at radius 1 is 1.30 bits per heavy atom. The fourth-order valence-corrected chi connectivity index (χ4v) is 2.62. The van der Waals surface area contributed by atoms with Crippen LogP contribution < -0.4 is 10.5 Å². The van der Waals surface area contributed by atoms with Crippen LogP contribution in [0.4, 0.5) is 5.82 Å². The van der Waals surface area contributed by atoms with E-state index >= 15 is 0 Å². The van der Waals surface area contributed by atoms with Crippen molar-refractivity contribution in [2.45, 2.75) is 0 Å². The molecule has 0 fully saturated rings. The minimum atomic E-state index is 0.527. The summed E-state index contributed by atoms with van der Waals surface area (Å²) in [5.41, 5.74) is 8.43. The quantitative estimate of drug-likeness (QED) is 0.758. The van der Waals surface area contributed by atoms with Gasteiger partial charge in [-0.25, -0.2) is 4.98 Å². The Hall–Kier alpha value is -1.72. The van der Waals surface area contributed by atoms with Gasteiger partial charge in [-0.15, -0.1) is 0 Å². The lowest BCUT2D eigenvalue weighted by Gasteiger charge is -2.07. The van der Waals surface area contributed by atoms with Gasteiger partial charge < -0.3 is 10.5 Å².